The van der Waals surface area contributed by atoms with Gasteiger partial charge in [0.2, 0.25) is 0 Å². The van der Waals surface area contributed by atoms with Crippen LogP contribution in [0.15, 0.2) is 43.5 Å². The van der Waals surface area contributed by atoms with Gasteiger partial charge in [0.1, 0.15) is 41.8 Å². The summed E-state index contributed by atoms with van der Waals surface area (Å²) in [5.41, 5.74) is -1.58. The highest BCUT2D eigenvalue weighted by molar-refractivity contribution is 9.10. The number of esters is 1. The molecule has 0 aliphatic rings. The molecule has 0 radical (unpaired) electrons. The molecule has 160 valence electrons. The van der Waals surface area contributed by atoms with E-state index in [0.717, 1.165) is 25.0 Å². The first kappa shape index (κ1) is 22.0. The molecule has 0 fully saturated rings. The van der Waals surface area contributed by atoms with Gasteiger partial charge in [0, 0.05) is 11.6 Å². The van der Waals surface area contributed by atoms with E-state index in [1.54, 1.807) is 0 Å². The fourth-order valence-electron chi connectivity index (χ4n) is 3.11. The van der Waals surface area contributed by atoms with E-state index in [0.29, 0.717) is 6.42 Å². The summed E-state index contributed by atoms with van der Waals surface area (Å²) in [4.78, 5) is 20.1. The smallest absolute Gasteiger partial charge is 0.320 e. The van der Waals surface area contributed by atoms with Gasteiger partial charge in [0.05, 0.1) is 13.1 Å². The van der Waals surface area contributed by atoms with E-state index >= 15 is 0 Å². The monoisotopic (exact) mass is 482 g/mol. The molecule has 0 spiro atoms. The van der Waals surface area contributed by atoms with Crippen LogP contribution in [0.5, 0.6) is 0 Å². The molecule has 11 heteroatoms. The van der Waals surface area contributed by atoms with Crippen LogP contribution in [0, 0.1) is 11.6 Å². The van der Waals surface area contributed by atoms with E-state index < -0.39 is 28.0 Å². The van der Waals surface area contributed by atoms with E-state index in [4.69, 9.17) is 4.74 Å². The van der Waals surface area contributed by atoms with Crippen molar-refractivity contribution in [2.24, 2.45) is 0 Å². The zero-order valence-electron chi connectivity index (χ0n) is 16.3. The summed E-state index contributed by atoms with van der Waals surface area (Å²) in [7, 11) is 0. The third-order valence-electron chi connectivity index (χ3n) is 4.55. The number of ether oxygens (including phenoxy) is 1. The highest BCUT2D eigenvalue weighted by atomic mass is 79.9. The highest BCUT2D eigenvalue weighted by Gasteiger charge is 2.42. The van der Waals surface area contributed by atoms with Crippen LogP contribution in [0.1, 0.15) is 31.7 Å². The van der Waals surface area contributed by atoms with Crippen LogP contribution in [0.3, 0.4) is 0 Å². The third kappa shape index (κ3) is 5.26. The van der Waals surface area contributed by atoms with Gasteiger partial charge in [0.25, 0.3) is 0 Å². The molecule has 0 saturated carbocycles. The minimum atomic E-state index is -1.57. The summed E-state index contributed by atoms with van der Waals surface area (Å²) in [5.74, 6) is -2.14. The maximum absolute atomic E-state index is 14.9. The molecule has 8 nitrogen and oxygen atoms in total. The van der Waals surface area contributed by atoms with E-state index in [-0.39, 0.29) is 18.7 Å². The van der Waals surface area contributed by atoms with Crippen molar-refractivity contribution in [1.82, 2.24) is 29.5 Å². The number of carbonyl (C=O) groups excluding carboxylic acids is 1. The molecular formula is C19H21BrF2N6O2. The predicted octanol–water partition coefficient (Wildman–Crippen LogP) is 3.24. The van der Waals surface area contributed by atoms with Crippen molar-refractivity contribution in [3.63, 3.8) is 0 Å². The summed E-state index contributed by atoms with van der Waals surface area (Å²) < 4.78 is 37.3. The Labute approximate surface area is 180 Å². The number of halogens is 3. The van der Waals surface area contributed by atoms with Crippen molar-refractivity contribution < 1.29 is 18.3 Å². The molecule has 1 atom stereocenters. The van der Waals surface area contributed by atoms with Crippen LogP contribution in [0.2, 0.25) is 0 Å². The predicted molar refractivity (Wildman–Crippen MR) is 106 cm³/mol. The van der Waals surface area contributed by atoms with Gasteiger partial charge in [-0.05, 0) is 18.6 Å². The number of benzene rings is 1. The fraction of sp³-hybridized carbons (Fsp3) is 0.421. The summed E-state index contributed by atoms with van der Waals surface area (Å²) in [6.45, 7) is 1.89. The molecule has 0 saturated heterocycles. The Morgan fingerprint density at radius 2 is 1.80 bits per heavy atom. The molecular weight excluding hydrogens is 462 g/mol. The largest absolute Gasteiger partial charge is 0.449 e. The van der Waals surface area contributed by atoms with Gasteiger partial charge < -0.3 is 4.74 Å². The number of nitrogens with zero attached hydrogens (tertiary/aromatic N) is 6. The second kappa shape index (κ2) is 9.88. The Hall–Kier alpha value is -2.69. The Bertz CT molecular complexity index is 916. The Kier molecular flexibility index (Phi) is 7.24. The molecule has 0 N–H and O–H groups in total. The lowest BCUT2D eigenvalue weighted by molar-refractivity contribution is -0.165. The SMILES string of the molecule is CCCCC(Br)C(=O)OC(Cn1cncn1)(Cn1cncn1)c1ccc(F)cc1F. The van der Waals surface area contributed by atoms with Crippen molar-refractivity contribution in [2.75, 3.05) is 0 Å². The minimum absolute atomic E-state index is 0.00144. The number of carbonyl (C=O) groups is 1. The molecule has 2 aromatic heterocycles. The van der Waals surface area contributed by atoms with Gasteiger partial charge in [-0.15, -0.1) is 0 Å². The number of rotatable bonds is 10. The van der Waals surface area contributed by atoms with Gasteiger partial charge in [-0.2, -0.15) is 10.2 Å². The van der Waals surface area contributed by atoms with E-state index in [1.807, 2.05) is 6.92 Å². The van der Waals surface area contributed by atoms with Gasteiger partial charge in [0.15, 0.2) is 5.60 Å². The van der Waals surface area contributed by atoms with Crippen LogP contribution in [0.4, 0.5) is 8.78 Å². The Morgan fingerprint density at radius 3 is 2.30 bits per heavy atom. The fourth-order valence-corrected chi connectivity index (χ4v) is 3.53. The van der Waals surface area contributed by atoms with Crippen LogP contribution < -0.4 is 0 Å². The van der Waals surface area contributed by atoms with Crippen LogP contribution >= 0.6 is 15.9 Å². The van der Waals surface area contributed by atoms with Gasteiger partial charge in [-0.25, -0.2) is 28.1 Å². The molecule has 3 rings (SSSR count). The quantitative estimate of drug-likeness (QED) is 0.325. The number of alkyl halides is 1. The van der Waals surface area contributed by atoms with Crippen molar-refractivity contribution in [2.45, 2.75) is 49.7 Å². The second-order valence-corrected chi connectivity index (χ2v) is 7.94. The normalized spacial score (nSPS) is 12.7. The molecule has 3 aromatic rings. The van der Waals surface area contributed by atoms with Crippen molar-refractivity contribution >= 4 is 21.9 Å². The van der Waals surface area contributed by atoms with Gasteiger partial charge in [-0.1, -0.05) is 35.7 Å². The lowest BCUT2D eigenvalue weighted by Crippen LogP contribution is -2.43. The highest BCUT2D eigenvalue weighted by Crippen LogP contribution is 2.34. The molecule has 30 heavy (non-hydrogen) atoms. The van der Waals surface area contributed by atoms with Crippen LogP contribution in [-0.2, 0) is 28.2 Å². The minimum Gasteiger partial charge on any atom is -0.449 e. The van der Waals surface area contributed by atoms with E-state index in [1.165, 1.54) is 40.7 Å². The van der Waals surface area contributed by atoms with E-state index in [2.05, 4.69) is 36.1 Å². The van der Waals surface area contributed by atoms with Crippen molar-refractivity contribution in [3.05, 3.63) is 60.7 Å². The standard InChI is InChI=1S/C19H21BrF2N6O2/c1-2-3-4-16(20)18(29)30-19(8-27-12-23-10-25-27,9-28-13-24-11-26-28)15-6-5-14(21)7-17(15)22/h5-7,10-13,16H,2-4,8-9H2,1H3. The molecule has 0 amide bonds. The molecule has 1 aromatic carbocycles. The topological polar surface area (TPSA) is 87.7 Å². The summed E-state index contributed by atoms with van der Waals surface area (Å²) in [6, 6.07) is 3.14. The zero-order valence-corrected chi connectivity index (χ0v) is 17.9. The first-order valence-corrected chi connectivity index (χ1v) is 10.3. The maximum Gasteiger partial charge on any atom is 0.320 e. The van der Waals surface area contributed by atoms with Gasteiger partial charge in [-0.3, -0.25) is 4.79 Å². The molecule has 0 aliphatic heterocycles. The average molecular weight is 483 g/mol. The summed E-state index contributed by atoms with van der Waals surface area (Å²) in [5, 5.41) is 8.13. The summed E-state index contributed by atoms with van der Waals surface area (Å²) >= 11 is 3.36. The Morgan fingerprint density at radius 1 is 1.17 bits per heavy atom. The van der Waals surface area contributed by atoms with Crippen LogP contribution in [0.25, 0.3) is 0 Å². The number of hydrogen-bond donors (Lipinski definition) is 0. The first-order valence-electron chi connectivity index (χ1n) is 9.41. The van der Waals surface area contributed by atoms with E-state index in [9.17, 15) is 13.6 Å². The number of hydrogen-bond acceptors (Lipinski definition) is 6. The van der Waals surface area contributed by atoms with Crippen molar-refractivity contribution in [3.8, 4) is 0 Å². The van der Waals surface area contributed by atoms with Gasteiger partial charge >= 0.3 is 5.97 Å². The first-order chi connectivity index (χ1) is 14.4. The lowest BCUT2D eigenvalue weighted by atomic mass is 9.92. The number of unbranched alkanes of at least 4 members (excludes halogenated alkanes) is 1. The summed E-state index contributed by atoms with van der Waals surface area (Å²) in [6.07, 6.45) is 7.77. The average Bonchev–Trinajstić information content (AvgIpc) is 3.40. The second-order valence-electron chi connectivity index (χ2n) is 6.84. The third-order valence-corrected chi connectivity index (χ3v) is 5.38. The molecule has 0 bridgehead atoms. The van der Waals surface area contributed by atoms with Crippen LogP contribution in [-0.4, -0.2) is 40.3 Å². The molecule has 0 aliphatic carbocycles. The zero-order chi connectivity index (χ0) is 21.6. The van der Waals surface area contributed by atoms with Crippen molar-refractivity contribution in [1.29, 1.82) is 0 Å². The maximum atomic E-state index is 14.9. The molecule has 1 unspecified atom stereocenters. The number of aromatic nitrogens is 6. The Balaban J connectivity index is 2.06. The lowest BCUT2D eigenvalue weighted by Gasteiger charge is -2.34. The molecule has 2 heterocycles.